The van der Waals surface area contributed by atoms with Gasteiger partial charge in [-0.2, -0.15) is 0 Å². The van der Waals surface area contributed by atoms with Crippen molar-refractivity contribution in [3.05, 3.63) is 65.4 Å². The molecule has 0 amide bonds. The van der Waals surface area contributed by atoms with Crippen LogP contribution in [0.5, 0.6) is 0 Å². The average molecular weight is 321 g/mol. The lowest BCUT2D eigenvalue weighted by atomic mass is 10.0. The van der Waals surface area contributed by atoms with Crippen molar-refractivity contribution in [2.45, 2.75) is 26.7 Å². The SMILES string of the molecule is Cc1ccc(-c2c(C(=O)O)nnn2-c2ccc(C(C)C)cc2)cc1. The smallest absolute Gasteiger partial charge is 0.358 e. The van der Waals surface area contributed by atoms with Crippen LogP contribution in [0.3, 0.4) is 0 Å². The molecule has 1 heterocycles. The molecule has 0 aliphatic heterocycles. The maximum atomic E-state index is 11.5. The molecule has 1 aromatic heterocycles. The summed E-state index contributed by atoms with van der Waals surface area (Å²) in [7, 11) is 0. The number of nitrogens with zero attached hydrogens (tertiary/aromatic N) is 3. The van der Waals surface area contributed by atoms with Gasteiger partial charge in [0.05, 0.1) is 5.69 Å². The predicted molar refractivity (Wildman–Crippen MR) is 92.6 cm³/mol. The number of hydrogen-bond acceptors (Lipinski definition) is 3. The first kappa shape index (κ1) is 15.9. The van der Waals surface area contributed by atoms with Gasteiger partial charge < -0.3 is 5.11 Å². The zero-order valence-corrected chi connectivity index (χ0v) is 13.9. The van der Waals surface area contributed by atoms with Crippen LogP contribution in [-0.2, 0) is 0 Å². The normalized spacial score (nSPS) is 11.0. The Labute approximate surface area is 140 Å². The summed E-state index contributed by atoms with van der Waals surface area (Å²) in [5.74, 6) is -0.656. The van der Waals surface area contributed by atoms with Crippen LogP contribution in [0.4, 0.5) is 0 Å². The van der Waals surface area contributed by atoms with Crippen molar-refractivity contribution < 1.29 is 9.90 Å². The molecule has 0 saturated heterocycles. The monoisotopic (exact) mass is 321 g/mol. The summed E-state index contributed by atoms with van der Waals surface area (Å²) >= 11 is 0. The topological polar surface area (TPSA) is 68.0 Å². The Morgan fingerprint density at radius 3 is 2.21 bits per heavy atom. The van der Waals surface area contributed by atoms with Crippen molar-refractivity contribution in [1.82, 2.24) is 15.0 Å². The number of carboxylic acids is 1. The number of aryl methyl sites for hydroxylation is 1. The van der Waals surface area contributed by atoms with Crippen LogP contribution in [0.25, 0.3) is 16.9 Å². The molecule has 0 aliphatic rings. The molecule has 3 rings (SSSR count). The lowest BCUT2D eigenvalue weighted by molar-refractivity contribution is 0.0691. The zero-order chi connectivity index (χ0) is 17.3. The Kier molecular flexibility index (Phi) is 4.16. The van der Waals surface area contributed by atoms with Gasteiger partial charge in [0.25, 0.3) is 0 Å². The van der Waals surface area contributed by atoms with Gasteiger partial charge in [0.15, 0.2) is 5.69 Å². The minimum Gasteiger partial charge on any atom is -0.476 e. The third-order valence-electron chi connectivity index (χ3n) is 4.00. The second kappa shape index (κ2) is 6.28. The fraction of sp³-hybridized carbons (Fsp3) is 0.211. The number of hydrogen-bond donors (Lipinski definition) is 1. The molecule has 0 atom stereocenters. The van der Waals surface area contributed by atoms with Crippen molar-refractivity contribution >= 4 is 5.97 Å². The van der Waals surface area contributed by atoms with E-state index in [2.05, 4.69) is 24.2 Å². The number of benzene rings is 2. The predicted octanol–water partition coefficient (Wildman–Crippen LogP) is 4.06. The molecule has 0 fully saturated rings. The minimum absolute atomic E-state index is 0.0493. The Morgan fingerprint density at radius 1 is 1.04 bits per heavy atom. The Balaban J connectivity index is 2.14. The van der Waals surface area contributed by atoms with E-state index in [0.717, 1.165) is 16.8 Å². The zero-order valence-electron chi connectivity index (χ0n) is 13.9. The van der Waals surface area contributed by atoms with E-state index < -0.39 is 5.97 Å². The van der Waals surface area contributed by atoms with E-state index in [4.69, 9.17) is 0 Å². The molecule has 3 aromatic rings. The summed E-state index contributed by atoms with van der Waals surface area (Å²) in [6, 6.07) is 15.6. The lowest BCUT2D eigenvalue weighted by Gasteiger charge is -2.10. The average Bonchev–Trinajstić information content (AvgIpc) is 3.01. The van der Waals surface area contributed by atoms with Crippen molar-refractivity contribution in [1.29, 1.82) is 0 Å². The van der Waals surface area contributed by atoms with E-state index in [1.807, 2.05) is 55.5 Å². The maximum Gasteiger partial charge on any atom is 0.358 e. The van der Waals surface area contributed by atoms with E-state index >= 15 is 0 Å². The standard InChI is InChI=1S/C19H19N3O2/c1-12(2)14-8-10-16(11-9-14)22-18(17(19(23)24)20-21-22)15-6-4-13(3)5-7-15/h4-12H,1-3H3,(H,23,24). The largest absolute Gasteiger partial charge is 0.476 e. The Hall–Kier alpha value is -2.95. The minimum atomic E-state index is -1.09. The highest BCUT2D eigenvalue weighted by molar-refractivity contribution is 5.93. The summed E-state index contributed by atoms with van der Waals surface area (Å²) in [6.07, 6.45) is 0. The van der Waals surface area contributed by atoms with Gasteiger partial charge in [-0.15, -0.1) is 5.10 Å². The molecular formula is C19H19N3O2. The van der Waals surface area contributed by atoms with Gasteiger partial charge in [-0.3, -0.25) is 0 Å². The number of carboxylic acid groups (broad SMARTS) is 1. The first-order valence-electron chi connectivity index (χ1n) is 7.83. The van der Waals surface area contributed by atoms with Gasteiger partial charge in [-0.25, -0.2) is 9.48 Å². The van der Waals surface area contributed by atoms with E-state index in [-0.39, 0.29) is 5.69 Å². The van der Waals surface area contributed by atoms with Crippen LogP contribution in [0.15, 0.2) is 48.5 Å². The number of aromatic nitrogens is 3. The van der Waals surface area contributed by atoms with Crippen LogP contribution < -0.4 is 0 Å². The van der Waals surface area contributed by atoms with E-state index in [1.165, 1.54) is 5.56 Å². The lowest BCUT2D eigenvalue weighted by Crippen LogP contribution is -2.03. The summed E-state index contributed by atoms with van der Waals surface area (Å²) in [5, 5.41) is 17.4. The van der Waals surface area contributed by atoms with E-state index in [0.29, 0.717) is 11.6 Å². The van der Waals surface area contributed by atoms with Crippen LogP contribution in [0, 0.1) is 6.92 Å². The fourth-order valence-electron chi connectivity index (χ4n) is 2.58. The molecule has 1 N–H and O–H groups in total. The van der Waals surface area contributed by atoms with E-state index in [9.17, 15) is 9.90 Å². The summed E-state index contributed by atoms with van der Waals surface area (Å²) in [5.41, 5.74) is 4.32. The highest BCUT2D eigenvalue weighted by atomic mass is 16.4. The second-order valence-electron chi connectivity index (χ2n) is 6.12. The van der Waals surface area contributed by atoms with Gasteiger partial charge in [0.1, 0.15) is 5.69 Å². The fourth-order valence-corrected chi connectivity index (χ4v) is 2.58. The molecule has 0 saturated carbocycles. The maximum absolute atomic E-state index is 11.5. The summed E-state index contributed by atoms with van der Waals surface area (Å²) < 4.78 is 1.58. The summed E-state index contributed by atoms with van der Waals surface area (Å²) in [6.45, 7) is 6.25. The van der Waals surface area contributed by atoms with Crippen molar-refractivity contribution in [3.8, 4) is 16.9 Å². The Morgan fingerprint density at radius 2 is 1.67 bits per heavy atom. The van der Waals surface area contributed by atoms with Crippen LogP contribution >= 0.6 is 0 Å². The second-order valence-corrected chi connectivity index (χ2v) is 6.12. The highest BCUT2D eigenvalue weighted by Gasteiger charge is 2.21. The third kappa shape index (κ3) is 2.93. The first-order valence-corrected chi connectivity index (χ1v) is 7.83. The molecule has 2 aromatic carbocycles. The highest BCUT2D eigenvalue weighted by Crippen LogP contribution is 2.26. The van der Waals surface area contributed by atoms with Gasteiger partial charge in [0.2, 0.25) is 0 Å². The van der Waals surface area contributed by atoms with Crippen molar-refractivity contribution in [2.24, 2.45) is 0 Å². The Bertz CT molecular complexity index is 863. The molecule has 24 heavy (non-hydrogen) atoms. The van der Waals surface area contributed by atoms with Gasteiger partial charge in [-0.05, 0) is 30.5 Å². The number of rotatable bonds is 4. The molecule has 0 spiro atoms. The number of carbonyl (C=O) groups is 1. The van der Waals surface area contributed by atoms with Crippen LogP contribution in [0.1, 0.15) is 41.4 Å². The quantitative estimate of drug-likeness (QED) is 0.786. The van der Waals surface area contributed by atoms with Crippen LogP contribution in [-0.4, -0.2) is 26.1 Å². The summed E-state index contributed by atoms with van der Waals surface area (Å²) in [4.78, 5) is 11.5. The molecule has 5 nitrogen and oxygen atoms in total. The van der Waals surface area contributed by atoms with Crippen molar-refractivity contribution in [2.75, 3.05) is 0 Å². The molecular weight excluding hydrogens is 302 g/mol. The van der Waals surface area contributed by atoms with E-state index in [1.54, 1.807) is 4.68 Å². The van der Waals surface area contributed by atoms with Crippen molar-refractivity contribution in [3.63, 3.8) is 0 Å². The molecule has 0 unspecified atom stereocenters. The third-order valence-corrected chi connectivity index (χ3v) is 4.00. The first-order chi connectivity index (χ1) is 11.5. The number of aromatic carboxylic acids is 1. The molecule has 5 heteroatoms. The molecule has 0 bridgehead atoms. The van der Waals surface area contributed by atoms with Crippen LogP contribution in [0.2, 0.25) is 0 Å². The molecule has 0 radical (unpaired) electrons. The molecule has 0 aliphatic carbocycles. The van der Waals surface area contributed by atoms with Gasteiger partial charge in [-0.1, -0.05) is 61.0 Å². The van der Waals surface area contributed by atoms with Gasteiger partial charge >= 0.3 is 5.97 Å². The molecule has 122 valence electrons. The van der Waals surface area contributed by atoms with Gasteiger partial charge in [0, 0.05) is 5.56 Å².